The average Bonchev–Trinajstić information content (AvgIpc) is 2.51. The third-order valence-electron chi connectivity index (χ3n) is 5.66. The molecule has 0 saturated carbocycles. The Kier molecular flexibility index (Phi) is 5.44. The number of rotatable bonds is 5. The molecule has 3 rings (SSSR count). The second-order valence-corrected chi connectivity index (χ2v) is 8.71. The van der Waals surface area contributed by atoms with Crippen molar-refractivity contribution in [1.29, 1.82) is 0 Å². The van der Waals surface area contributed by atoms with Gasteiger partial charge in [-0.15, -0.1) is 0 Å². The first-order valence-electron chi connectivity index (χ1n) is 9.53. The van der Waals surface area contributed by atoms with E-state index in [-0.39, 0.29) is 17.0 Å². The molecule has 2 fully saturated rings. The second kappa shape index (κ2) is 7.42. The van der Waals surface area contributed by atoms with Gasteiger partial charge in [0.2, 0.25) is 5.91 Å². The lowest BCUT2D eigenvalue weighted by Gasteiger charge is -2.47. The van der Waals surface area contributed by atoms with E-state index >= 15 is 0 Å². The van der Waals surface area contributed by atoms with Gasteiger partial charge < -0.3 is 10.6 Å². The van der Waals surface area contributed by atoms with Crippen LogP contribution >= 0.6 is 0 Å². The van der Waals surface area contributed by atoms with Crippen molar-refractivity contribution in [2.75, 3.05) is 26.2 Å². The van der Waals surface area contributed by atoms with Crippen molar-refractivity contribution < 1.29 is 4.79 Å². The molecule has 0 aliphatic carbocycles. The van der Waals surface area contributed by atoms with Crippen LogP contribution in [0, 0.1) is 5.92 Å². The summed E-state index contributed by atoms with van der Waals surface area (Å²) in [6, 6.07) is 6.04. The van der Waals surface area contributed by atoms with E-state index in [0.717, 1.165) is 51.1 Å². The average molecular weight is 345 g/mol. The highest BCUT2D eigenvalue weighted by Crippen LogP contribution is 2.30. The highest BCUT2D eigenvalue weighted by molar-refractivity contribution is 5.77. The van der Waals surface area contributed by atoms with Crippen LogP contribution in [0.25, 0.3) is 0 Å². The normalized spacial score (nSPS) is 21.6. The lowest BCUT2D eigenvalue weighted by Crippen LogP contribution is -2.60. The van der Waals surface area contributed by atoms with Gasteiger partial charge >= 0.3 is 0 Å². The van der Waals surface area contributed by atoms with Gasteiger partial charge in [0.1, 0.15) is 0 Å². The molecule has 0 bridgehead atoms. The SMILES string of the molecule is CC(C)(C)N1CCC(Cc2ccccn2)(NC(=O)CC2CNC2)CC1. The van der Waals surface area contributed by atoms with Crippen molar-refractivity contribution >= 4 is 5.91 Å². The third-order valence-corrected chi connectivity index (χ3v) is 5.66. The Morgan fingerprint density at radius 3 is 2.56 bits per heavy atom. The molecule has 2 aliphatic heterocycles. The Morgan fingerprint density at radius 1 is 1.32 bits per heavy atom. The molecule has 3 heterocycles. The highest BCUT2D eigenvalue weighted by Gasteiger charge is 2.39. The van der Waals surface area contributed by atoms with Gasteiger partial charge in [-0.3, -0.25) is 14.7 Å². The first kappa shape index (κ1) is 18.3. The molecule has 2 N–H and O–H groups in total. The molecule has 0 atom stereocenters. The molecule has 2 saturated heterocycles. The van der Waals surface area contributed by atoms with Crippen LogP contribution in [0.1, 0.15) is 45.7 Å². The molecule has 0 radical (unpaired) electrons. The number of hydrogen-bond acceptors (Lipinski definition) is 4. The maximum absolute atomic E-state index is 12.6. The number of amides is 1. The molecule has 138 valence electrons. The van der Waals surface area contributed by atoms with E-state index in [2.05, 4.69) is 47.4 Å². The van der Waals surface area contributed by atoms with Gasteiger partial charge in [0, 0.05) is 48.9 Å². The third kappa shape index (κ3) is 4.79. The molecule has 2 aliphatic rings. The molecule has 0 unspecified atom stereocenters. The summed E-state index contributed by atoms with van der Waals surface area (Å²) in [5.41, 5.74) is 1.08. The first-order valence-corrected chi connectivity index (χ1v) is 9.53. The van der Waals surface area contributed by atoms with Crippen LogP contribution in [0.4, 0.5) is 0 Å². The van der Waals surface area contributed by atoms with Crippen LogP contribution in [0.15, 0.2) is 24.4 Å². The Bertz CT molecular complexity index is 569. The molecular formula is C20H32N4O. The van der Waals surface area contributed by atoms with Gasteiger partial charge in [-0.05, 0) is 64.8 Å². The summed E-state index contributed by atoms with van der Waals surface area (Å²) in [5, 5.41) is 6.66. The van der Waals surface area contributed by atoms with E-state index in [1.807, 2.05) is 18.3 Å². The van der Waals surface area contributed by atoms with Gasteiger partial charge in [0.25, 0.3) is 0 Å². The van der Waals surface area contributed by atoms with Crippen LogP contribution in [-0.2, 0) is 11.2 Å². The molecular weight excluding hydrogens is 312 g/mol. The predicted octanol–water partition coefficient (Wildman–Crippen LogP) is 1.98. The lowest BCUT2D eigenvalue weighted by molar-refractivity contribution is -0.125. The fourth-order valence-corrected chi connectivity index (χ4v) is 3.90. The standard InChI is InChI=1S/C20H32N4O/c1-19(2,3)24-10-7-20(8-11-24,13-17-6-4-5-9-22-17)23-18(25)12-16-14-21-15-16/h4-6,9,16,21H,7-8,10-15H2,1-3H3,(H,23,25). The van der Waals surface area contributed by atoms with Gasteiger partial charge in [-0.2, -0.15) is 0 Å². The Balaban J connectivity index is 1.68. The van der Waals surface area contributed by atoms with E-state index in [4.69, 9.17) is 0 Å². The van der Waals surface area contributed by atoms with Crippen LogP contribution in [0.5, 0.6) is 0 Å². The van der Waals surface area contributed by atoms with Crippen molar-refractivity contribution in [2.24, 2.45) is 5.92 Å². The summed E-state index contributed by atoms with van der Waals surface area (Å²) in [6.07, 6.45) is 5.26. The minimum absolute atomic E-state index is 0.162. The van der Waals surface area contributed by atoms with Crippen molar-refractivity contribution in [3.05, 3.63) is 30.1 Å². The van der Waals surface area contributed by atoms with Crippen LogP contribution in [0.3, 0.4) is 0 Å². The topological polar surface area (TPSA) is 57.3 Å². The number of carbonyl (C=O) groups excluding carboxylic acids is 1. The van der Waals surface area contributed by atoms with Crippen molar-refractivity contribution in [1.82, 2.24) is 20.5 Å². The van der Waals surface area contributed by atoms with E-state index in [0.29, 0.717) is 12.3 Å². The maximum atomic E-state index is 12.6. The van der Waals surface area contributed by atoms with E-state index in [1.54, 1.807) is 0 Å². The van der Waals surface area contributed by atoms with Gasteiger partial charge in [0.05, 0.1) is 0 Å². The molecule has 0 aromatic carbocycles. The minimum atomic E-state index is -0.162. The van der Waals surface area contributed by atoms with Crippen LogP contribution < -0.4 is 10.6 Å². The summed E-state index contributed by atoms with van der Waals surface area (Å²) in [6.45, 7) is 10.8. The lowest BCUT2D eigenvalue weighted by atomic mass is 9.81. The monoisotopic (exact) mass is 344 g/mol. The zero-order chi connectivity index (χ0) is 17.9. The second-order valence-electron chi connectivity index (χ2n) is 8.71. The number of aromatic nitrogens is 1. The molecule has 1 amide bonds. The smallest absolute Gasteiger partial charge is 0.220 e. The van der Waals surface area contributed by atoms with Crippen LogP contribution in [0.2, 0.25) is 0 Å². The Labute approximate surface area is 151 Å². The largest absolute Gasteiger partial charge is 0.350 e. The first-order chi connectivity index (χ1) is 11.9. The number of pyridine rings is 1. The fourth-order valence-electron chi connectivity index (χ4n) is 3.90. The van der Waals surface area contributed by atoms with Gasteiger partial charge in [0.15, 0.2) is 0 Å². The summed E-state index contributed by atoms with van der Waals surface area (Å²) in [7, 11) is 0. The summed E-state index contributed by atoms with van der Waals surface area (Å²) in [4.78, 5) is 19.6. The fraction of sp³-hybridized carbons (Fsp3) is 0.700. The highest BCUT2D eigenvalue weighted by atomic mass is 16.1. The van der Waals surface area contributed by atoms with Gasteiger partial charge in [-0.1, -0.05) is 6.07 Å². The number of hydrogen-bond donors (Lipinski definition) is 2. The predicted molar refractivity (Wildman–Crippen MR) is 100 cm³/mol. The number of nitrogens with one attached hydrogen (secondary N) is 2. The minimum Gasteiger partial charge on any atom is -0.350 e. The maximum Gasteiger partial charge on any atom is 0.220 e. The molecule has 5 nitrogen and oxygen atoms in total. The van der Waals surface area contributed by atoms with E-state index < -0.39 is 0 Å². The molecule has 0 spiro atoms. The zero-order valence-corrected chi connectivity index (χ0v) is 15.8. The Morgan fingerprint density at radius 2 is 2.04 bits per heavy atom. The van der Waals surface area contributed by atoms with Crippen molar-refractivity contribution in [2.45, 2.75) is 57.5 Å². The molecule has 1 aromatic rings. The molecule has 5 heteroatoms. The van der Waals surface area contributed by atoms with E-state index in [1.165, 1.54) is 0 Å². The van der Waals surface area contributed by atoms with E-state index in [9.17, 15) is 4.79 Å². The number of nitrogens with zero attached hydrogens (tertiary/aromatic N) is 2. The van der Waals surface area contributed by atoms with Gasteiger partial charge in [-0.25, -0.2) is 0 Å². The van der Waals surface area contributed by atoms with Crippen molar-refractivity contribution in [3.63, 3.8) is 0 Å². The molecule has 1 aromatic heterocycles. The van der Waals surface area contributed by atoms with Crippen molar-refractivity contribution in [3.8, 4) is 0 Å². The zero-order valence-electron chi connectivity index (χ0n) is 15.8. The summed E-state index contributed by atoms with van der Waals surface area (Å²) in [5.74, 6) is 0.702. The number of carbonyl (C=O) groups is 1. The Hall–Kier alpha value is -1.46. The van der Waals surface area contributed by atoms with Crippen LogP contribution in [-0.4, -0.2) is 53.0 Å². The summed E-state index contributed by atoms with van der Waals surface area (Å²) >= 11 is 0. The number of likely N-dealkylation sites (tertiary alicyclic amines) is 1. The number of piperidine rings is 1. The summed E-state index contributed by atoms with van der Waals surface area (Å²) < 4.78 is 0. The molecule has 25 heavy (non-hydrogen) atoms. The quantitative estimate of drug-likeness (QED) is 0.858.